The maximum absolute atomic E-state index is 11.5. The van der Waals surface area contributed by atoms with Crippen LogP contribution in [0.5, 0.6) is 5.88 Å². The van der Waals surface area contributed by atoms with Crippen molar-refractivity contribution in [3.05, 3.63) is 17.6 Å². The Hall–Kier alpha value is -1.69. The minimum Gasteiger partial charge on any atom is -0.477 e. The molecule has 1 saturated carbocycles. The van der Waals surface area contributed by atoms with Crippen molar-refractivity contribution in [1.82, 2.24) is 9.97 Å². The van der Waals surface area contributed by atoms with Gasteiger partial charge >= 0.3 is 5.97 Å². The molecule has 1 aliphatic carbocycles. The van der Waals surface area contributed by atoms with Crippen molar-refractivity contribution in [2.75, 3.05) is 19.8 Å². The van der Waals surface area contributed by atoms with Crippen molar-refractivity contribution < 1.29 is 19.4 Å². The minimum atomic E-state index is -1.02. The summed E-state index contributed by atoms with van der Waals surface area (Å²) in [7, 11) is 0. The molecular formula is C20H30N2O4. The van der Waals surface area contributed by atoms with Crippen LogP contribution < -0.4 is 4.74 Å². The van der Waals surface area contributed by atoms with Crippen LogP contribution in [0.1, 0.15) is 86.4 Å². The highest BCUT2D eigenvalue weighted by molar-refractivity contribution is 5.85. The zero-order chi connectivity index (χ0) is 18.2. The highest BCUT2D eigenvalue weighted by Crippen LogP contribution is 2.29. The zero-order valence-electron chi connectivity index (χ0n) is 15.5. The molecule has 1 aromatic heterocycles. The molecule has 6 nitrogen and oxygen atoms in total. The Morgan fingerprint density at radius 3 is 2.35 bits per heavy atom. The molecule has 1 saturated heterocycles. The van der Waals surface area contributed by atoms with Crippen LogP contribution in [0.25, 0.3) is 0 Å². The van der Waals surface area contributed by atoms with Gasteiger partial charge in [-0.2, -0.15) is 4.98 Å². The fourth-order valence-electron chi connectivity index (χ4n) is 3.82. The number of nitrogens with zero attached hydrogens (tertiary/aromatic N) is 2. The van der Waals surface area contributed by atoms with Gasteiger partial charge in [-0.25, -0.2) is 9.78 Å². The lowest BCUT2D eigenvalue weighted by Gasteiger charge is -2.22. The predicted octanol–water partition coefficient (Wildman–Crippen LogP) is 4.20. The van der Waals surface area contributed by atoms with Gasteiger partial charge < -0.3 is 14.6 Å². The summed E-state index contributed by atoms with van der Waals surface area (Å²) in [4.78, 5) is 20.5. The van der Waals surface area contributed by atoms with Gasteiger partial charge in [0.05, 0.1) is 6.61 Å². The number of hydrogen-bond donors (Lipinski definition) is 1. The fourth-order valence-corrected chi connectivity index (χ4v) is 3.82. The number of carboxylic acids is 1. The van der Waals surface area contributed by atoms with E-state index in [-0.39, 0.29) is 11.6 Å². The topological polar surface area (TPSA) is 81.5 Å². The van der Waals surface area contributed by atoms with Crippen molar-refractivity contribution in [2.24, 2.45) is 5.92 Å². The summed E-state index contributed by atoms with van der Waals surface area (Å²) in [6.07, 6.45) is 11.4. The van der Waals surface area contributed by atoms with Crippen LogP contribution in [0.3, 0.4) is 0 Å². The lowest BCUT2D eigenvalue weighted by atomic mass is 9.96. The van der Waals surface area contributed by atoms with E-state index in [2.05, 4.69) is 9.97 Å². The molecule has 0 aromatic carbocycles. The van der Waals surface area contributed by atoms with Gasteiger partial charge in [-0.15, -0.1) is 0 Å². The molecule has 1 N–H and O–H groups in total. The average molecular weight is 362 g/mol. The van der Waals surface area contributed by atoms with Crippen molar-refractivity contribution in [3.8, 4) is 5.88 Å². The Morgan fingerprint density at radius 2 is 1.69 bits per heavy atom. The Labute approximate surface area is 155 Å². The maximum Gasteiger partial charge on any atom is 0.354 e. The molecule has 0 spiro atoms. The van der Waals surface area contributed by atoms with Crippen LogP contribution in [-0.4, -0.2) is 40.9 Å². The molecule has 2 fully saturated rings. The highest BCUT2D eigenvalue weighted by Gasteiger charge is 2.21. The molecule has 1 aromatic rings. The summed E-state index contributed by atoms with van der Waals surface area (Å²) in [6, 6.07) is 1.46. The van der Waals surface area contributed by atoms with E-state index in [0.717, 1.165) is 51.7 Å². The molecule has 26 heavy (non-hydrogen) atoms. The van der Waals surface area contributed by atoms with E-state index in [9.17, 15) is 9.90 Å². The van der Waals surface area contributed by atoms with Crippen LogP contribution in [0, 0.1) is 5.92 Å². The number of carboxylic acid groups (broad SMARTS) is 1. The quantitative estimate of drug-likeness (QED) is 0.845. The van der Waals surface area contributed by atoms with Gasteiger partial charge in [-0.05, 0) is 31.6 Å². The molecule has 144 valence electrons. The molecule has 3 rings (SSSR count). The van der Waals surface area contributed by atoms with E-state index in [4.69, 9.17) is 9.47 Å². The van der Waals surface area contributed by atoms with Gasteiger partial charge in [0.25, 0.3) is 0 Å². The third-order valence-electron chi connectivity index (χ3n) is 5.47. The highest BCUT2D eigenvalue weighted by atomic mass is 16.5. The van der Waals surface area contributed by atoms with Crippen molar-refractivity contribution in [1.29, 1.82) is 0 Å². The first kappa shape index (κ1) is 19.1. The number of hydrogen-bond acceptors (Lipinski definition) is 5. The molecule has 0 atom stereocenters. The summed E-state index contributed by atoms with van der Waals surface area (Å²) in [5.41, 5.74) is 0.0387. The van der Waals surface area contributed by atoms with Crippen LogP contribution in [0.4, 0.5) is 0 Å². The summed E-state index contributed by atoms with van der Waals surface area (Å²) >= 11 is 0. The normalized spacial score (nSPS) is 20.8. The van der Waals surface area contributed by atoms with Gasteiger partial charge in [0.2, 0.25) is 5.88 Å². The molecule has 0 radical (unpaired) electrons. The molecule has 6 heteroatoms. The average Bonchev–Trinajstić information content (AvgIpc) is 2.81. The van der Waals surface area contributed by atoms with Gasteiger partial charge in [-0.1, -0.05) is 38.5 Å². The second-order valence-corrected chi connectivity index (χ2v) is 7.52. The number of rotatable bonds is 5. The number of ether oxygens (including phenoxy) is 2. The fraction of sp³-hybridized carbons (Fsp3) is 0.750. The van der Waals surface area contributed by atoms with Gasteiger partial charge in [0, 0.05) is 25.2 Å². The SMILES string of the molecule is O=C(O)c1cc(OCC2CCOCC2)nc(C2CCCCCCCC2)n1. The molecule has 0 amide bonds. The lowest BCUT2D eigenvalue weighted by Crippen LogP contribution is -2.22. The van der Waals surface area contributed by atoms with Gasteiger partial charge in [-0.3, -0.25) is 0 Å². The van der Waals surface area contributed by atoms with E-state index in [1.807, 2.05) is 0 Å². The first-order valence-corrected chi connectivity index (χ1v) is 10.0. The largest absolute Gasteiger partial charge is 0.477 e. The summed E-state index contributed by atoms with van der Waals surface area (Å²) in [5, 5.41) is 9.43. The molecule has 0 unspecified atom stereocenters. The van der Waals surface area contributed by atoms with E-state index >= 15 is 0 Å². The second kappa shape index (κ2) is 9.86. The molecule has 2 aliphatic rings. The van der Waals surface area contributed by atoms with E-state index in [1.54, 1.807) is 0 Å². The third-order valence-corrected chi connectivity index (χ3v) is 5.47. The zero-order valence-corrected chi connectivity index (χ0v) is 15.5. The van der Waals surface area contributed by atoms with Crippen LogP contribution in [0.15, 0.2) is 6.07 Å². The standard InChI is InChI=1S/C20H30N2O4/c23-20(24)17-13-18(26-14-15-9-11-25-12-10-15)22-19(21-17)16-7-5-3-1-2-4-6-8-16/h13,15-16H,1-12,14H2,(H,23,24). The minimum absolute atomic E-state index is 0.0387. The first-order valence-electron chi connectivity index (χ1n) is 10.0. The second-order valence-electron chi connectivity index (χ2n) is 7.52. The lowest BCUT2D eigenvalue weighted by molar-refractivity contribution is 0.0489. The predicted molar refractivity (Wildman–Crippen MR) is 97.7 cm³/mol. The summed E-state index contributed by atoms with van der Waals surface area (Å²) in [5.74, 6) is 0.707. The Balaban J connectivity index is 1.72. The van der Waals surface area contributed by atoms with Gasteiger partial charge in [0.15, 0.2) is 5.69 Å². The first-order chi connectivity index (χ1) is 12.7. The Bertz CT molecular complexity index is 577. The van der Waals surface area contributed by atoms with Gasteiger partial charge in [0.1, 0.15) is 5.82 Å². The third kappa shape index (κ3) is 5.66. The van der Waals surface area contributed by atoms with Crippen LogP contribution in [0.2, 0.25) is 0 Å². The molecule has 0 bridgehead atoms. The molecular weight excluding hydrogens is 332 g/mol. The van der Waals surface area contributed by atoms with Crippen LogP contribution >= 0.6 is 0 Å². The molecule has 1 aliphatic heterocycles. The number of carbonyl (C=O) groups is 1. The number of aromatic carboxylic acids is 1. The van der Waals surface area contributed by atoms with Crippen molar-refractivity contribution >= 4 is 5.97 Å². The van der Waals surface area contributed by atoms with E-state index in [1.165, 1.54) is 31.7 Å². The summed E-state index contributed by atoms with van der Waals surface area (Å²) in [6.45, 7) is 2.10. The van der Waals surface area contributed by atoms with Crippen LogP contribution in [-0.2, 0) is 4.74 Å². The van der Waals surface area contributed by atoms with Crippen molar-refractivity contribution in [3.63, 3.8) is 0 Å². The van der Waals surface area contributed by atoms with Crippen molar-refractivity contribution in [2.45, 2.75) is 70.1 Å². The number of aromatic nitrogens is 2. The Morgan fingerprint density at radius 1 is 1.04 bits per heavy atom. The summed E-state index contributed by atoms with van der Waals surface area (Å²) < 4.78 is 11.3. The maximum atomic E-state index is 11.5. The monoisotopic (exact) mass is 362 g/mol. The smallest absolute Gasteiger partial charge is 0.354 e. The van der Waals surface area contributed by atoms with E-state index < -0.39 is 5.97 Å². The van der Waals surface area contributed by atoms with E-state index in [0.29, 0.717) is 24.2 Å². The Kier molecular flexibility index (Phi) is 7.23. The molecule has 2 heterocycles.